The molecule has 0 aliphatic heterocycles. The fourth-order valence-corrected chi connectivity index (χ4v) is 8.08. The minimum Gasteiger partial charge on any atom is -0.496 e. The number of hydrogen-bond donors (Lipinski definition) is 2. The van der Waals surface area contributed by atoms with E-state index in [4.69, 9.17) is 37.9 Å². The van der Waals surface area contributed by atoms with Crippen molar-refractivity contribution in [1.29, 1.82) is 0 Å². The molecule has 0 radical (unpaired) electrons. The molecule has 4 aromatic rings. The van der Waals surface area contributed by atoms with Crippen LogP contribution >= 0.6 is 0 Å². The largest absolute Gasteiger partial charge is 0.496 e. The zero-order valence-corrected chi connectivity index (χ0v) is 34.4. The second-order valence-electron chi connectivity index (χ2n) is 12.3. The highest BCUT2D eigenvalue weighted by atomic mass is 32.2. The normalized spacial score (nSPS) is 12.4. The Morgan fingerprint density at radius 3 is 1.07 bits per heavy atom. The van der Waals surface area contributed by atoms with Gasteiger partial charge in [-0.25, -0.2) is 8.42 Å². The van der Waals surface area contributed by atoms with Crippen molar-refractivity contribution in [2.24, 2.45) is 0 Å². The standard InChI is InChI=1S/C42H48N2O12S/c1-25(45)43-33-19-27(11-15-35(33)51-5)41(17-13-31-37(53-7)21-29(49-3)22-38(31)54-8)57(47,48)42(28-12-16-36(52-6)34(20-28)44-26(2)46)18-14-32-39(55-9)23-30(50-4)24-40(32)56-10/h11-24,41-42H,1-10H3,(H,43,45)(H,44,46). The third-order valence-electron chi connectivity index (χ3n) is 8.82. The molecule has 15 heteroatoms. The van der Waals surface area contributed by atoms with Gasteiger partial charge in [0, 0.05) is 38.1 Å². The van der Waals surface area contributed by atoms with Crippen molar-refractivity contribution in [1.82, 2.24) is 0 Å². The quantitative estimate of drug-likeness (QED) is 0.103. The first kappa shape index (κ1) is 43.4. The zero-order chi connectivity index (χ0) is 41.9. The Balaban J connectivity index is 2.09. The summed E-state index contributed by atoms with van der Waals surface area (Å²) in [5, 5.41) is 2.67. The Hall–Kier alpha value is -6.35. The second-order valence-corrected chi connectivity index (χ2v) is 14.5. The minimum absolute atomic E-state index is 0.257. The van der Waals surface area contributed by atoms with Crippen LogP contribution in [0, 0.1) is 0 Å². The van der Waals surface area contributed by atoms with Crippen molar-refractivity contribution in [3.63, 3.8) is 0 Å². The maximum absolute atomic E-state index is 15.6. The number of rotatable bonds is 18. The van der Waals surface area contributed by atoms with Crippen LogP contribution in [0.1, 0.15) is 46.6 Å². The molecule has 0 bridgehead atoms. The number of nitrogens with one attached hydrogen (secondary N) is 2. The Morgan fingerprint density at radius 2 is 0.807 bits per heavy atom. The molecule has 4 rings (SSSR count). The van der Waals surface area contributed by atoms with E-state index in [9.17, 15) is 9.59 Å². The number of methoxy groups -OCH3 is 8. The molecule has 2 amide bonds. The van der Waals surface area contributed by atoms with Crippen LogP contribution in [-0.4, -0.2) is 77.1 Å². The van der Waals surface area contributed by atoms with Gasteiger partial charge in [0.15, 0.2) is 9.84 Å². The van der Waals surface area contributed by atoms with Gasteiger partial charge in [-0.1, -0.05) is 24.3 Å². The number of hydrogen-bond acceptors (Lipinski definition) is 12. The molecule has 0 spiro atoms. The van der Waals surface area contributed by atoms with E-state index < -0.39 is 20.3 Å². The molecule has 0 saturated heterocycles. The molecule has 2 unspecified atom stereocenters. The molecule has 0 fully saturated rings. The van der Waals surface area contributed by atoms with Gasteiger partial charge in [0.05, 0.1) is 79.4 Å². The minimum atomic E-state index is -4.44. The lowest BCUT2D eigenvalue weighted by atomic mass is 10.1. The molecule has 14 nitrogen and oxygen atoms in total. The average molecular weight is 805 g/mol. The van der Waals surface area contributed by atoms with Crippen LogP contribution in [0.5, 0.6) is 46.0 Å². The Kier molecular flexibility index (Phi) is 14.8. The fourth-order valence-electron chi connectivity index (χ4n) is 6.12. The van der Waals surface area contributed by atoms with Crippen molar-refractivity contribution < 1.29 is 55.9 Å². The van der Waals surface area contributed by atoms with Gasteiger partial charge in [-0.2, -0.15) is 0 Å². The fraction of sp³-hybridized carbons (Fsp3) is 0.286. The number of sulfone groups is 1. The second kappa shape index (κ2) is 19.5. The zero-order valence-electron chi connectivity index (χ0n) is 33.5. The van der Waals surface area contributed by atoms with E-state index in [-0.39, 0.29) is 34.3 Å². The van der Waals surface area contributed by atoms with Crippen LogP contribution in [0.4, 0.5) is 11.4 Å². The van der Waals surface area contributed by atoms with E-state index >= 15 is 8.42 Å². The third-order valence-corrected chi connectivity index (χ3v) is 11.1. The number of carbonyl (C=O) groups excluding carboxylic acids is 2. The summed E-state index contributed by atoms with van der Waals surface area (Å²) in [5.41, 5.74) is 1.97. The van der Waals surface area contributed by atoms with E-state index in [1.54, 1.807) is 72.8 Å². The van der Waals surface area contributed by atoms with E-state index in [0.29, 0.717) is 57.1 Å². The molecule has 2 N–H and O–H groups in total. The predicted octanol–water partition coefficient (Wildman–Crippen LogP) is 7.30. The first-order valence-corrected chi connectivity index (χ1v) is 19.0. The highest BCUT2D eigenvalue weighted by molar-refractivity contribution is 7.92. The Labute approximate surface area is 333 Å². The first-order chi connectivity index (χ1) is 27.3. The van der Waals surface area contributed by atoms with Crippen LogP contribution in [0.3, 0.4) is 0 Å². The molecule has 0 aliphatic carbocycles. The molecule has 0 heterocycles. The number of amides is 2. The van der Waals surface area contributed by atoms with Crippen molar-refractivity contribution in [3.8, 4) is 46.0 Å². The highest BCUT2D eigenvalue weighted by Crippen LogP contribution is 2.44. The molecule has 57 heavy (non-hydrogen) atoms. The molecule has 0 saturated carbocycles. The maximum Gasteiger partial charge on any atom is 0.221 e. The van der Waals surface area contributed by atoms with Gasteiger partial charge in [-0.05, 0) is 47.5 Å². The Morgan fingerprint density at radius 1 is 0.491 bits per heavy atom. The van der Waals surface area contributed by atoms with Crippen molar-refractivity contribution in [2.75, 3.05) is 67.5 Å². The third kappa shape index (κ3) is 10.1. The number of anilines is 2. The Bertz CT molecular complexity index is 2050. The summed E-state index contributed by atoms with van der Waals surface area (Å²) < 4.78 is 75.6. The lowest BCUT2D eigenvalue weighted by molar-refractivity contribution is -0.115. The molecule has 304 valence electrons. The summed E-state index contributed by atoms with van der Waals surface area (Å²) in [6, 6.07) is 16.0. The van der Waals surface area contributed by atoms with Gasteiger partial charge >= 0.3 is 0 Å². The molecular weight excluding hydrogens is 757 g/mol. The van der Waals surface area contributed by atoms with Gasteiger partial charge in [-0.15, -0.1) is 0 Å². The van der Waals surface area contributed by atoms with Gasteiger partial charge in [0.2, 0.25) is 11.8 Å². The lowest BCUT2D eigenvalue weighted by Gasteiger charge is -2.24. The van der Waals surface area contributed by atoms with Gasteiger partial charge in [0.1, 0.15) is 56.5 Å². The maximum atomic E-state index is 15.6. The average Bonchev–Trinajstić information content (AvgIpc) is 3.20. The topological polar surface area (TPSA) is 166 Å². The van der Waals surface area contributed by atoms with Crippen molar-refractivity contribution >= 4 is 45.2 Å². The molecule has 2 atom stereocenters. The molecule has 4 aromatic carbocycles. The number of benzene rings is 4. The summed E-state index contributed by atoms with van der Waals surface area (Å²) in [5.74, 6) is 2.22. The van der Waals surface area contributed by atoms with Crippen LogP contribution < -0.4 is 48.5 Å². The van der Waals surface area contributed by atoms with Crippen LogP contribution in [0.15, 0.2) is 72.8 Å². The van der Waals surface area contributed by atoms with Crippen LogP contribution in [0.2, 0.25) is 0 Å². The van der Waals surface area contributed by atoms with Crippen molar-refractivity contribution in [2.45, 2.75) is 24.3 Å². The van der Waals surface area contributed by atoms with Gasteiger partial charge < -0.3 is 48.5 Å². The number of ether oxygens (including phenoxy) is 8. The summed E-state index contributed by atoms with van der Waals surface area (Å²) in [4.78, 5) is 24.5. The van der Waals surface area contributed by atoms with E-state index in [1.165, 1.54) is 82.9 Å². The smallest absolute Gasteiger partial charge is 0.221 e. The summed E-state index contributed by atoms with van der Waals surface area (Å²) in [7, 11) is 7.35. The molecule has 0 aromatic heterocycles. The van der Waals surface area contributed by atoms with Crippen LogP contribution in [0.25, 0.3) is 12.2 Å². The SMILES string of the molecule is COc1cc(OC)c(C=CC(c2ccc(OC)c(NC(C)=O)c2)S(=O)(=O)C(C=Cc2c(OC)cc(OC)cc2OC)c2ccc(OC)c(NC(C)=O)c2)c(OC)c1. The monoisotopic (exact) mass is 804 g/mol. The lowest BCUT2D eigenvalue weighted by Crippen LogP contribution is -2.20. The van der Waals surface area contributed by atoms with Crippen molar-refractivity contribution in [3.05, 3.63) is 95.1 Å². The van der Waals surface area contributed by atoms with Gasteiger partial charge in [0.25, 0.3) is 0 Å². The highest BCUT2D eigenvalue weighted by Gasteiger charge is 2.35. The van der Waals surface area contributed by atoms with E-state index in [1.807, 2.05) is 0 Å². The molecule has 0 aliphatic rings. The summed E-state index contributed by atoms with van der Waals surface area (Å²) in [6.07, 6.45) is 6.20. The first-order valence-electron chi connectivity index (χ1n) is 17.4. The van der Waals surface area contributed by atoms with Gasteiger partial charge in [-0.3, -0.25) is 9.59 Å². The number of carbonyl (C=O) groups is 2. The van der Waals surface area contributed by atoms with Crippen LogP contribution in [-0.2, 0) is 19.4 Å². The molecular formula is C42H48N2O12S. The summed E-state index contributed by atoms with van der Waals surface area (Å²) in [6.45, 7) is 2.67. The predicted molar refractivity (Wildman–Crippen MR) is 219 cm³/mol. The van der Waals surface area contributed by atoms with E-state index in [2.05, 4.69) is 10.6 Å². The summed E-state index contributed by atoms with van der Waals surface area (Å²) >= 11 is 0. The van der Waals surface area contributed by atoms with E-state index in [0.717, 1.165) is 0 Å².